The molecule has 1 aliphatic carbocycles. The zero-order chi connectivity index (χ0) is 7.72. The van der Waals surface area contributed by atoms with Crippen LogP contribution in [0, 0.1) is 11.8 Å². The Morgan fingerprint density at radius 3 is 2.50 bits per heavy atom. The molecule has 2 nitrogen and oxygen atoms in total. The fourth-order valence-corrected chi connectivity index (χ4v) is 1.51. The van der Waals surface area contributed by atoms with Crippen molar-refractivity contribution in [2.24, 2.45) is 11.8 Å². The molecule has 0 heterocycles. The molecule has 2 atom stereocenters. The molecule has 1 rings (SSSR count). The molecule has 0 aromatic heterocycles. The van der Waals surface area contributed by atoms with Crippen molar-refractivity contribution in [1.82, 2.24) is 0 Å². The maximum absolute atomic E-state index is 10.2. The fourth-order valence-electron chi connectivity index (χ4n) is 0.832. The van der Waals surface area contributed by atoms with Crippen molar-refractivity contribution in [3.63, 3.8) is 0 Å². The monoisotopic (exact) mass is 267 g/mol. The highest BCUT2D eigenvalue weighted by atomic mass is 79.9. The lowest BCUT2D eigenvalue weighted by Crippen LogP contribution is -2.24. The molecule has 1 fully saturated rings. The van der Waals surface area contributed by atoms with Gasteiger partial charge in [0.1, 0.15) is 0 Å². The first-order valence-electron chi connectivity index (χ1n) is 2.85. The van der Waals surface area contributed by atoms with Crippen LogP contribution in [-0.2, 0) is 4.79 Å². The Kier molecular flexibility index (Phi) is 2.52. The second-order valence-electron chi connectivity index (χ2n) is 2.28. The lowest BCUT2D eigenvalue weighted by molar-refractivity contribution is -0.308. The lowest BCUT2D eigenvalue weighted by Gasteiger charge is -1.94. The van der Waals surface area contributed by atoms with E-state index in [1.54, 1.807) is 0 Å². The number of carbonyl (C=O) groups is 1. The Morgan fingerprint density at radius 2 is 2.20 bits per heavy atom. The van der Waals surface area contributed by atoms with Gasteiger partial charge < -0.3 is 9.90 Å². The first-order chi connectivity index (χ1) is 4.61. The van der Waals surface area contributed by atoms with E-state index < -0.39 is 5.97 Å². The van der Waals surface area contributed by atoms with Gasteiger partial charge in [-0.2, -0.15) is 0 Å². The molecule has 0 aromatic rings. The van der Waals surface area contributed by atoms with Gasteiger partial charge in [-0.1, -0.05) is 6.08 Å². The average Bonchev–Trinajstić information content (AvgIpc) is 2.43. The van der Waals surface area contributed by atoms with Gasteiger partial charge in [0.05, 0.1) is 3.39 Å². The predicted molar refractivity (Wildman–Crippen MR) is 42.5 cm³/mol. The number of aliphatic carboxylic acids is 1. The normalized spacial score (nSPS) is 29.4. The number of rotatable bonds is 2. The molecule has 4 heteroatoms. The summed E-state index contributed by atoms with van der Waals surface area (Å²) < 4.78 is 0.814. The van der Waals surface area contributed by atoms with Crippen molar-refractivity contribution in [1.29, 1.82) is 0 Å². The van der Waals surface area contributed by atoms with Crippen LogP contribution in [0.4, 0.5) is 0 Å². The Hall–Kier alpha value is 0.170. The van der Waals surface area contributed by atoms with Gasteiger partial charge in [0.15, 0.2) is 0 Å². The molecule has 0 N–H and O–H groups in total. The summed E-state index contributed by atoms with van der Waals surface area (Å²) in [6.07, 6.45) is 2.55. The molecule has 0 aliphatic heterocycles. The number of hydrogen-bond donors (Lipinski definition) is 0. The number of allylic oxidation sites excluding steroid dienone is 1. The van der Waals surface area contributed by atoms with Crippen molar-refractivity contribution < 1.29 is 9.90 Å². The Balaban J connectivity index is 2.40. The number of carboxylic acids is 1. The second-order valence-corrected chi connectivity index (χ2v) is 5.05. The number of carbonyl (C=O) groups excluding carboxylic acids is 1. The van der Waals surface area contributed by atoms with Gasteiger partial charge in [0, 0.05) is 11.9 Å². The molecular formula is C6H5Br2O2-. The molecule has 1 saturated carbocycles. The number of hydrogen-bond acceptors (Lipinski definition) is 2. The van der Waals surface area contributed by atoms with E-state index in [1.165, 1.54) is 0 Å². The van der Waals surface area contributed by atoms with Crippen molar-refractivity contribution in [2.75, 3.05) is 0 Å². The Labute approximate surface area is 75.6 Å². The van der Waals surface area contributed by atoms with E-state index in [0.29, 0.717) is 6.42 Å². The highest BCUT2D eigenvalue weighted by Gasteiger charge is 2.36. The summed E-state index contributed by atoms with van der Waals surface area (Å²) in [5.41, 5.74) is 0. The topological polar surface area (TPSA) is 40.1 Å². The third kappa shape index (κ3) is 2.09. The summed E-state index contributed by atoms with van der Waals surface area (Å²) in [5.74, 6) is -1.04. The van der Waals surface area contributed by atoms with Crippen molar-refractivity contribution in [3.8, 4) is 0 Å². The van der Waals surface area contributed by atoms with E-state index in [4.69, 9.17) is 0 Å². The van der Waals surface area contributed by atoms with Crippen LogP contribution in [0.25, 0.3) is 0 Å². The summed E-state index contributed by atoms with van der Waals surface area (Å²) in [6.45, 7) is 0. The highest BCUT2D eigenvalue weighted by Crippen LogP contribution is 2.41. The third-order valence-corrected chi connectivity index (χ3v) is 2.01. The van der Waals surface area contributed by atoms with E-state index in [2.05, 4.69) is 31.9 Å². The van der Waals surface area contributed by atoms with Crippen LogP contribution in [0.1, 0.15) is 6.42 Å². The number of carboxylic acid groups (broad SMARTS) is 1. The molecule has 0 aromatic carbocycles. The predicted octanol–water partition coefficient (Wildman–Crippen LogP) is 1.00. The van der Waals surface area contributed by atoms with E-state index in [1.807, 2.05) is 6.08 Å². The summed E-state index contributed by atoms with van der Waals surface area (Å²) in [5, 5.41) is 10.2. The molecule has 0 saturated heterocycles. The van der Waals surface area contributed by atoms with E-state index in [0.717, 1.165) is 3.39 Å². The van der Waals surface area contributed by atoms with Gasteiger partial charge in [-0.05, 0) is 44.2 Å². The van der Waals surface area contributed by atoms with Gasteiger partial charge in [0.25, 0.3) is 0 Å². The molecule has 10 heavy (non-hydrogen) atoms. The minimum Gasteiger partial charge on any atom is -0.550 e. The maximum Gasteiger partial charge on any atom is 0.0567 e. The van der Waals surface area contributed by atoms with E-state index in [-0.39, 0.29) is 11.8 Å². The van der Waals surface area contributed by atoms with Gasteiger partial charge in [-0.15, -0.1) is 0 Å². The summed E-state index contributed by atoms with van der Waals surface area (Å²) in [4.78, 5) is 10.2. The van der Waals surface area contributed by atoms with Crippen LogP contribution < -0.4 is 5.11 Å². The molecule has 2 unspecified atom stereocenters. The summed E-state index contributed by atoms with van der Waals surface area (Å²) >= 11 is 6.31. The fraction of sp³-hybridized carbons (Fsp3) is 0.500. The van der Waals surface area contributed by atoms with E-state index in [9.17, 15) is 9.90 Å². The van der Waals surface area contributed by atoms with Gasteiger partial charge >= 0.3 is 0 Å². The zero-order valence-corrected chi connectivity index (χ0v) is 8.18. The number of halogens is 2. The third-order valence-electron chi connectivity index (χ3n) is 1.48. The maximum atomic E-state index is 10.2. The summed E-state index contributed by atoms with van der Waals surface area (Å²) in [6, 6.07) is 0. The quantitative estimate of drug-likeness (QED) is 0.750. The van der Waals surface area contributed by atoms with Crippen LogP contribution in [0.2, 0.25) is 0 Å². The Bertz CT molecular complexity index is 184. The first kappa shape index (κ1) is 8.27. The highest BCUT2D eigenvalue weighted by molar-refractivity contribution is 9.28. The van der Waals surface area contributed by atoms with Gasteiger partial charge in [-0.3, -0.25) is 0 Å². The molecule has 1 aliphatic rings. The minimum absolute atomic E-state index is 0.166. The molecule has 0 radical (unpaired) electrons. The standard InChI is InChI=1S/C6H6Br2O2/c7-5(8)2-3-1-4(3)6(9)10/h2-4H,1H2,(H,9,10)/p-1. The Morgan fingerprint density at radius 1 is 1.60 bits per heavy atom. The molecule has 0 amide bonds. The van der Waals surface area contributed by atoms with Crippen LogP contribution in [-0.4, -0.2) is 5.97 Å². The average molecular weight is 269 g/mol. The lowest BCUT2D eigenvalue weighted by atomic mass is 10.3. The van der Waals surface area contributed by atoms with Crippen molar-refractivity contribution in [3.05, 3.63) is 9.47 Å². The van der Waals surface area contributed by atoms with E-state index >= 15 is 0 Å². The van der Waals surface area contributed by atoms with Crippen LogP contribution in [0.15, 0.2) is 9.47 Å². The summed E-state index contributed by atoms with van der Waals surface area (Å²) in [7, 11) is 0. The minimum atomic E-state index is -0.942. The molecule has 56 valence electrons. The van der Waals surface area contributed by atoms with Crippen molar-refractivity contribution in [2.45, 2.75) is 6.42 Å². The zero-order valence-electron chi connectivity index (χ0n) is 5.01. The smallest absolute Gasteiger partial charge is 0.0567 e. The van der Waals surface area contributed by atoms with Crippen LogP contribution in [0.5, 0.6) is 0 Å². The SMILES string of the molecule is O=C([O-])C1CC1C=C(Br)Br. The largest absolute Gasteiger partial charge is 0.550 e. The second kappa shape index (κ2) is 3.05. The molecule has 0 bridgehead atoms. The van der Waals surface area contributed by atoms with Crippen LogP contribution in [0.3, 0.4) is 0 Å². The van der Waals surface area contributed by atoms with Gasteiger partial charge in [0.2, 0.25) is 0 Å². The molecular weight excluding hydrogens is 264 g/mol. The van der Waals surface area contributed by atoms with Crippen LogP contribution >= 0.6 is 31.9 Å². The van der Waals surface area contributed by atoms with Gasteiger partial charge in [-0.25, -0.2) is 0 Å². The molecule has 0 spiro atoms. The van der Waals surface area contributed by atoms with Crippen molar-refractivity contribution >= 4 is 37.8 Å². The first-order valence-corrected chi connectivity index (χ1v) is 4.43.